The molecule has 0 aromatic heterocycles. The first-order valence-corrected chi connectivity index (χ1v) is 7.57. The molecule has 1 saturated carbocycles. The standard InChI is InChI=1S/C15H30N2/c1-15(2)12-17(10-9-13(15)11-16)14-7-5-3-4-6-8-14/h13-14H,3-12,16H2,1-2H3. The Hall–Kier alpha value is -0.0800. The third kappa shape index (κ3) is 3.23. The van der Waals surface area contributed by atoms with Crippen molar-refractivity contribution in [2.24, 2.45) is 17.1 Å². The van der Waals surface area contributed by atoms with Gasteiger partial charge in [0.1, 0.15) is 0 Å². The van der Waals surface area contributed by atoms with E-state index in [4.69, 9.17) is 5.73 Å². The molecule has 1 unspecified atom stereocenters. The molecular formula is C15H30N2. The summed E-state index contributed by atoms with van der Waals surface area (Å²) in [6, 6.07) is 0.871. The second-order valence-electron chi connectivity index (χ2n) is 6.83. The summed E-state index contributed by atoms with van der Waals surface area (Å²) in [6.07, 6.45) is 9.98. The highest BCUT2D eigenvalue weighted by atomic mass is 15.2. The molecule has 0 aromatic carbocycles. The number of rotatable bonds is 2. The van der Waals surface area contributed by atoms with Gasteiger partial charge >= 0.3 is 0 Å². The van der Waals surface area contributed by atoms with Gasteiger partial charge in [0, 0.05) is 12.6 Å². The van der Waals surface area contributed by atoms with Gasteiger partial charge < -0.3 is 5.73 Å². The normalized spacial score (nSPS) is 32.3. The molecule has 100 valence electrons. The topological polar surface area (TPSA) is 29.3 Å². The van der Waals surface area contributed by atoms with Crippen LogP contribution in [0, 0.1) is 11.3 Å². The lowest BCUT2D eigenvalue weighted by Gasteiger charge is -2.47. The highest BCUT2D eigenvalue weighted by molar-refractivity contribution is 4.90. The van der Waals surface area contributed by atoms with Crippen LogP contribution in [0.2, 0.25) is 0 Å². The summed E-state index contributed by atoms with van der Waals surface area (Å²) in [6.45, 7) is 8.24. The van der Waals surface area contributed by atoms with E-state index in [1.807, 2.05) is 0 Å². The molecule has 1 aliphatic heterocycles. The van der Waals surface area contributed by atoms with Gasteiger partial charge in [-0.05, 0) is 43.7 Å². The Balaban J connectivity index is 1.94. The van der Waals surface area contributed by atoms with Crippen LogP contribution < -0.4 is 5.73 Å². The molecule has 2 rings (SSSR count). The lowest BCUT2D eigenvalue weighted by Crippen LogP contribution is -2.51. The summed E-state index contributed by atoms with van der Waals surface area (Å²) < 4.78 is 0. The average Bonchev–Trinajstić information content (AvgIpc) is 2.56. The van der Waals surface area contributed by atoms with Crippen molar-refractivity contribution in [2.45, 2.75) is 64.8 Å². The van der Waals surface area contributed by atoms with Crippen LogP contribution in [0.5, 0.6) is 0 Å². The Bertz CT molecular complexity index is 229. The van der Waals surface area contributed by atoms with Gasteiger partial charge in [0.15, 0.2) is 0 Å². The Labute approximate surface area is 107 Å². The van der Waals surface area contributed by atoms with Gasteiger partial charge in [-0.15, -0.1) is 0 Å². The molecule has 17 heavy (non-hydrogen) atoms. The van der Waals surface area contributed by atoms with Gasteiger partial charge in [0.2, 0.25) is 0 Å². The van der Waals surface area contributed by atoms with Crippen LogP contribution in [0.1, 0.15) is 58.8 Å². The van der Waals surface area contributed by atoms with Gasteiger partial charge in [-0.2, -0.15) is 0 Å². The molecule has 1 atom stereocenters. The number of nitrogens with two attached hydrogens (primary N) is 1. The van der Waals surface area contributed by atoms with Crippen molar-refractivity contribution in [3.63, 3.8) is 0 Å². The monoisotopic (exact) mass is 238 g/mol. The number of hydrogen-bond donors (Lipinski definition) is 1. The fourth-order valence-corrected chi connectivity index (χ4v) is 3.82. The third-order valence-electron chi connectivity index (χ3n) is 5.11. The largest absolute Gasteiger partial charge is 0.330 e. The summed E-state index contributed by atoms with van der Waals surface area (Å²) in [7, 11) is 0. The van der Waals surface area contributed by atoms with Crippen molar-refractivity contribution in [2.75, 3.05) is 19.6 Å². The first-order chi connectivity index (χ1) is 8.13. The smallest absolute Gasteiger partial charge is 0.00954 e. The Morgan fingerprint density at radius 3 is 2.24 bits per heavy atom. The van der Waals surface area contributed by atoms with Crippen molar-refractivity contribution >= 4 is 0 Å². The summed E-state index contributed by atoms with van der Waals surface area (Å²) in [5.41, 5.74) is 6.33. The van der Waals surface area contributed by atoms with Gasteiger partial charge in [-0.3, -0.25) is 4.90 Å². The van der Waals surface area contributed by atoms with E-state index in [1.165, 1.54) is 58.0 Å². The molecule has 2 heteroatoms. The van der Waals surface area contributed by atoms with Crippen LogP contribution in [0.25, 0.3) is 0 Å². The number of hydrogen-bond acceptors (Lipinski definition) is 2. The highest BCUT2D eigenvalue weighted by Gasteiger charge is 2.37. The van der Waals surface area contributed by atoms with Crippen LogP contribution in [0.3, 0.4) is 0 Å². The van der Waals surface area contributed by atoms with Crippen molar-refractivity contribution in [1.82, 2.24) is 4.90 Å². The van der Waals surface area contributed by atoms with Gasteiger partial charge in [0.25, 0.3) is 0 Å². The molecular weight excluding hydrogens is 208 g/mol. The predicted octanol–water partition coefficient (Wildman–Crippen LogP) is 3.02. The maximum absolute atomic E-state index is 5.91. The zero-order chi connectivity index (χ0) is 12.3. The Morgan fingerprint density at radius 2 is 1.71 bits per heavy atom. The lowest BCUT2D eigenvalue weighted by atomic mass is 9.73. The van der Waals surface area contributed by atoms with Crippen LogP contribution in [-0.2, 0) is 0 Å². The van der Waals surface area contributed by atoms with E-state index in [9.17, 15) is 0 Å². The van der Waals surface area contributed by atoms with Gasteiger partial charge in [-0.1, -0.05) is 39.5 Å². The lowest BCUT2D eigenvalue weighted by molar-refractivity contribution is 0.0271. The van der Waals surface area contributed by atoms with E-state index in [0.29, 0.717) is 5.41 Å². The number of likely N-dealkylation sites (tertiary alicyclic amines) is 1. The fraction of sp³-hybridized carbons (Fsp3) is 1.00. The average molecular weight is 238 g/mol. The van der Waals surface area contributed by atoms with Crippen molar-refractivity contribution in [3.05, 3.63) is 0 Å². The molecule has 1 saturated heterocycles. The summed E-state index contributed by atoms with van der Waals surface area (Å²) in [5.74, 6) is 0.726. The second-order valence-corrected chi connectivity index (χ2v) is 6.83. The van der Waals surface area contributed by atoms with Crippen molar-refractivity contribution in [1.29, 1.82) is 0 Å². The molecule has 1 aliphatic carbocycles. The van der Waals surface area contributed by atoms with Crippen molar-refractivity contribution < 1.29 is 0 Å². The molecule has 0 amide bonds. The predicted molar refractivity (Wildman–Crippen MR) is 74.0 cm³/mol. The molecule has 0 aromatic rings. The first-order valence-electron chi connectivity index (χ1n) is 7.57. The van der Waals surface area contributed by atoms with Gasteiger partial charge in [0.05, 0.1) is 0 Å². The SMILES string of the molecule is CC1(C)CN(C2CCCCCC2)CCC1CN. The van der Waals surface area contributed by atoms with E-state index in [0.717, 1.165) is 18.5 Å². The van der Waals surface area contributed by atoms with Crippen LogP contribution in [-0.4, -0.2) is 30.6 Å². The molecule has 2 N–H and O–H groups in total. The summed E-state index contributed by atoms with van der Waals surface area (Å²) in [4.78, 5) is 2.78. The summed E-state index contributed by atoms with van der Waals surface area (Å²) in [5, 5.41) is 0. The van der Waals surface area contributed by atoms with E-state index >= 15 is 0 Å². The van der Waals surface area contributed by atoms with E-state index in [1.54, 1.807) is 0 Å². The molecule has 2 nitrogen and oxygen atoms in total. The summed E-state index contributed by atoms with van der Waals surface area (Å²) >= 11 is 0. The minimum atomic E-state index is 0.416. The quantitative estimate of drug-likeness (QED) is 0.749. The van der Waals surface area contributed by atoms with E-state index < -0.39 is 0 Å². The molecule has 0 radical (unpaired) electrons. The maximum atomic E-state index is 5.91. The van der Waals surface area contributed by atoms with E-state index in [2.05, 4.69) is 18.7 Å². The number of nitrogens with zero attached hydrogens (tertiary/aromatic N) is 1. The minimum Gasteiger partial charge on any atom is -0.330 e. The third-order valence-corrected chi connectivity index (χ3v) is 5.11. The molecule has 2 aliphatic rings. The molecule has 2 fully saturated rings. The van der Waals surface area contributed by atoms with E-state index in [-0.39, 0.29) is 0 Å². The molecule has 1 heterocycles. The zero-order valence-electron chi connectivity index (χ0n) is 11.8. The van der Waals surface area contributed by atoms with Crippen LogP contribution >= 0.6 is 0 Å². The second kappa shape index (κ2) is 5.71. The number of piperidine rings is 1. The first kappa shape index (κ1) is 13.4. The fourth-order valence-electron chi connectivity index (χ4n) is 3.82. The molecule has 0 spiro atoms. The van der Waals surface area contributed by atoms with Crippen molar-refractivity contribution in [3.8, 4) is 0 Å². The van der Waals surface area contributed by atoms with Crippen LogP contribution in [0.15, 0.2) is 0 Å². The Morgan fingerprint density at radius 1 is 1.06 bits per heavy atom. The minimum absolute atomic E-state index is 0.416. The molecule has 0 bridgehead atoms. The zero-order valence-corrected chi connectivity index (χ0v) is 11.8. The maximum Gasteiger partial charge on any atom is 0.00954 e. The van der Waals surface area contributed by atoms with Gasteiger partial charge in [-0.25, -0.2) is 0 Å². The highest BCUT2D eigenvalue weighted by Crippen LogP contribution is 2.36. The van der Waals surface area contributed by atoms with Crippen LogP contribution in [0.4, 0.5) is 0 Å². The Kier molecular flexibility index (Phi) is 4.48.